The number of likely N-dealkylation sites (tertiary alicyclic amines) is 1. The third-order valence-corrected chi connectivity index (χ3v) is 4.30. The lowest BCUT2D eigenvalue weighted by Gasteiger charge is -2.29. The molecule has 4 heteroatoms. The molecule has 1 aliphatic rings. The van der Waals surface area contributed by atoms with Crippen LogP contribution in [-0.2, 0) is 0 Å². The molecule has 0 radical (unpaired) electrons. The van der Waals surface area contributed by atoms with Crippen LogP contribution in [-0.4, -0.2) is 37.6 Å². The lowest BCUT2D eigenvalue weighted by molar-refractivity contribution is 0.270. The number of halogens is 1. The zero-order valence-corrected chi connectivity index (χ0v) is 12.8. The minimum absolute atomic E-state index is 0.130. The average molecular weight is 279 g/mol. The second-order valence-electron chi connectivity index (χ2n) is 5.80. The van der Waals surface area contributed by atoms with Crippen LogP contribution in [0.15, 0.2) is 18.2 Å². The third-order valence-electron chi connectivity index (χ3n) is 4.30. The van der Waals surface area contributed by atoms with Gasteiger partial charge in [-0.25, -0.2) is 4.39 Å². The lowest BCUT2D eigenvalue weighted by Crippen LogP contribution is -2.39. The van der Waals surface area contributed by atoms with Crippen molar-refractivity contribution in [3.8, 4) is 0 Å². The molecule has 2 rings (SSSR count). The molecule has 0 bridgehead atoms. The molecule has 20 heavy (non-hydrogen) atoms. The van der Waals surface area contributed by atoms with Crippen LogP contribution in [0, 0.1) is 5.82 Å². The number of anilines is 1. The quantitative estimate of drug-likeness (QED) is 0.899. The Balaban J connectivity index is 2.07. The van der Waals surface area contributed by atoms with Crippen LogP contribution in [0.1, 0.15) is 38.3 Å². The van der Waals surface area contributed by atoms with Crippen molar-refractivity contribution in [3.05, 3.63) is 29.6 Å². The molecule has 1 aromatic carbocycles. The van der Waals surface area contributed by atoms with Gasteiger partial charge in [-0.05, 0) is 50.6 Å². The van der Waals surface area contributed by atoms with E-state index in [1.807, 2.05) is 31.0 Å². The Morgan fingerprint density at radius 2 is 2.25 bits per heavy atom. The molecule has 0 amide bonds. The van der Waals surface area contributed by atoms with Gasteiger partial charge in [0.1, 0.15) is 5.82 Å². The second-order valence-corrected chi connectivity index (χ2v) is 5.80. The van der Waals surface area contributed by atoms with Gasteiger partial charge in [0.2, 0.25) is 0 Å². The van der Waals surface area contributed by atoms with Crippen molar-refractivity contribution in [3.63, 3.8) is 0 Å². The number of hydrogen-bond acceptors (Lipinski definition) is 3. The monoisotopic (exact) mass is 279 g/mol. The molecule has 1 fully saturated rings. The average Bonchev–Trinajstić information content (AvgIpc) is 2.85. The van der Waals surface area contributed by atoms with Crippen LogP contribution in [0.25, 0.3) is 0 Å². The van der Waals surface area contributed by atoms with Crippen molar-refractivity contribution < 1.29 is 4.39 Å². The van der Waals surface area contributed by atoms with E-state index in [2.05, 4.69) is 11.8 Å². The summed E-state index contributed by atoms with van der Waals surface area (Å²) in [5, 5.41) is 0. The maximum Gasteiger partial charge on any atom is 0.146 e. The molecule has 112 valence electrons. The van der Waals surface area contributed by atoms with E-state index >= 15 is 0 Å². The predicted octanol–water partition coefficient (Wildman–Crippen LogP) is 2.77. The summed E-state index contributed by atoms with van der Waals surface area (Å²) >= 11 is 0. The van der Waals surface area contributed by atoms with Crippen LogP contribution in [0.2, 0.25) is 0 Å². The molecule has 0 aliphatic carbocycles. The number of rotatable bonds is 5. The highest BCUT2D eigenvalue weighted by Gasteiger charge is 2.24. The fraction of sp³-hybridized carbons (Fsp3) is 0.625. The number of nitrogens with two attached hydrogens (primary N) is 1. The highest BCUT2D eigenvalue weighted by atomic mass is 19.1. The smallest absolute Gasteiger partial charge is 0.146 e. The Hall–Kier alpha value is -1.13. The van der Waals surface area contributed by atoms with E-state index in [1.165, 1.54) is 19.4 Å². The van der Waals surface area contributed by atoms with Crippen molar-refractivity contribution in [1.82, 2.24) is 4.90 Å². The van der Waals surface area contributed by atoms with E-state index in [-0.39, 0.29) is 11.9 Å². The third kappa shape index (κ3) is 3.30. The molecule has 1 aliphatic heterocycles. The number of likely N-dealkylation sites (N-methyl/N-ethyl adjacent to an activating group) is 2. The van der Waals surface area contributed by atoms with Gasteiger partial charge in [0.05, 0.1) is 5.69 Å². The first-order valence-corrected chi connectivity index (χ1v) is 7.53. The van der Waals surface area contributed by atoms with E-state index in [9.17, 15) is 4.39 Å². The summed E-state index contributed by atoms with van der Waals surface area (Å²) < 4.78 is 14.2. The van der Waals surface area contributed by atoms with E-state index in [0.717, 1.165) is 18.7 Å². The summed E-state index contributed by atoms with van der Waals surface area (Å²) in [5.74, 6) is -0.177. The van der Waals surface area contributed by atoms with Crippen LogP contribution >= 0.6 is 0 Å². The minimum atomic E-state index is -0.177. The van der Waals surface area contributed by atoms with E-state index in [4.69, 9.17) is 5.73 Å². The van der Waals surface area contributed by atoms with Crippen molar-refractivity contribution in [2.24, 2.45) is 5.73 Å². The highest BCUT2D eigenvalue weighted by molar-refractivity contribution is 5.49. The van der Waals surface area contributed by atoms with Crippen molar-refractivity contribution in [1.29, 1.82) is 0 Å². The van der Waals surface area contributed by atoms with Crippen molar-refractivity contribution in [2.45, 2.75) is 38.8 Å². The molecular weight excluding hydrogens is 253 g/mol. The van der Waals surface area contributed by atoms with Gasteiger partial charge in [-0.1, -0.05) is 13.0 Å². The standard InChI is InChI=1S/C16H26FN3/c1-4-20-9-5-6-14(20)11-19(3)16-8-7-13(12(2)18)10-15(16)17/h7-8,10,12,14H,4-6,9,11,18H2,1-3H3/t12-,14?/m1/s1. The Kier molecular flexibility index (Phi) is 5.00. The highest BCUT2D eigenvalue weighted by Crippen LogP contribution is 2.24. The maximum absolute atomic E-state index is 14.2. The summed E-state index contributed by atoms with van der Waals surface area (Å²) in [6.45, 7) is 7.18. The first-order chi connectivity index (χ1) is 9.52. The minimum Gasteiger partial charge on any atom is -0.371 e. The number of nitrogens with zero attached hydrogens (tertiary/aromatic N) is 2. The summed E-state index contributed by atoms with van der Waals surface area (Å²) in [4.78, 5) is 4.50. The molecule has 0 aromatic heterocycles. The van der Waals surface area contributed by atoms with Gasteiger partial charge in [-0.2, -0.15) is 0 Å². The van der Waals surface area contributed by atoms with E-state index in [1.54, 1.807) is 6.07 Å². The van der Waals surface area contributed by atoms with Gasteiger partial charge < -0.3 is 10.6 Å². The summed E-state index contributed by atoms with van der Waals surface area (Å²) in [6.07, 6.45) is 2.45. The SMILES string of the molecule is CCN1CCCC1CN(C)c1ccc([C@@H](C)N)cc1F. The predicted molar refractivity (Wildman–Crippen MR) is 82.5 cm³/mol. The summed E-state index contributed by atoms with van der Waals surface area (Å²) in [5.41, 5.74) is 7.30. The summed E-state index contributed by atoms with van der Waals surface area (Å²) in [7, 11) is 1.97. The first-order valence-electron chi connectivity index (χ1n) is 7.53. The fourth-order valence-corrected chi connectivity index (χ4v) is 3.05. The van der Waals surface area contributed by atoms with Gasteiger partial charge >= 0.3 is 0 Å². The van der Waals surface area contributed by atoms with Crippen molar-refractivity contribution in [2.75, 3.05) is 31.6 Å². The van der Waals surface area contributed by atoms with Gasteiger partial charge in [0, 0.05) is 25.7 Å². The van der Waals surface area contributed by atoms with Gasteiger partial charge in [0.15, 0.2) is 0 Å². The second kappa shape index (κ2) is 6.55. The molecule has 1 saturated heterocycles. The molecule has 3 nitrogen and oxygen atoms in total. The Labute approximate surface area is 121 Å². The number of benzene rings is 1. The Morgan fingerprint density at radius 3 is 2.85 bits per heavy atom. The molecular formula is C16H26FN3. The molecule has 2 N–H and O–H groups in total. The maximum atomic E-state index is 14.2. The summed E-state index contributed by atoms with van der Waals surface area (Å²) in [6, 6.07) is 5.74. The number of hydrogen-bond donors (Lipinski definition) is 1. The van der Waals surface area contributed by atoms with Crippen LogP contribution < -0.4 is 10.6 Å². The van der Waals surface area contributed by atoms with Gasteiger partial charge in [-0.15, -0.1) is 0 Å². The lowest BCUT2D eigenvalue weighted by atomic mass is 10.1. The largest absolute Gasteiger partial charge is 0.371 e. The van der Waals surface area contributed by atoms with Crippen molar-refractivity contribution >= 4 is 5.69 Å². The topological polar surface area (TPSA) is 32.5 Å². The van der Waals surface area contributed by atoms with E-state index in [0.29, 0.717) is 11.7 Å². The molecule has 1 aromatic rings. The first kappa shape index (κ1) is 15.3. The van der Waals surface area contributed by atoms with Gasteiger partial charge in [0.25, 0.3) is 0 Å². The normalized spacial score (nSPS) is 21.1. The van der Waals surface area contributed by atoms with Crippen LogP contribution in [0.5, 0.6) is 0 Å². The van der Waals surface area contributed by atoms with Gasteiger partial charge in [-0.3, -0.25) is 4.90 Å². The van der Waals surface area contributed by atoms with Crippen LogP contribution in [0.4, 0.5) is 10.1 Å². The molecule has 1 unspecified atom stereocenters. The Bertz CT molecular complexity index is 447. The molecule has 0 saturated carbocycles. The van der Waals surface area contributed by atoms with Crippen LogP contribution in [0.3, 0.4) is 0 Å². The zero-order valence-electron chi connectivity index (χ0n) is 12.8. The molecule has 2 atom stereocenters. The fourth-order valence-electron chi connectivity index (χ4n) is 3.05. The molecule has 1 heterocycles. The Morgan fingerprint density at radius 1 is 1.50 bits per heavy atom. The molecule has 0 spiro atoms. The zero-order chi connectivity index (χ0) is 14.7. The van der Waals surface area contributed by atoms with E-state index < -0.39 is 0 Å².